The van der Waals surface area contributed by atoms with E-state index in [1.165, 1.54) is 0 Å². The second-order valence-electron chi connectivity index (χ2n) is 4.78. The number of ether oxygens (including phenoxy) is 2. The van der Waals surface area contributed by atoms with Gasteiger partial charge >= 0.3 is 6.09 Å². The molecule has 1 aliphatic rings. The maximum atomic E-state index is 11.4. The number of nitrogens with one attached hydrogen (secondary N) is 1. The highest BCUT2D eigenvalue weighted by Gasteiger charge is 2.26. The third-order valence-electron chi connectivity index (χ3n) is 2.10. The zero-order valence-electron chi connectivity index (χ0n) is 9.58. The molecule has 0 saturated carbocycles. The van der Waals surface area contributed by atoms with E-state index in [2.05, 4.69) is 5.32 Å². The van der Waals surface area contributed by atoms with E-state index >= 15 is 0 Å². The van der Waals surface area contributed by atoms with Gasteiger partial charge in [0, 0.05) is 12.6 Å². The lowest BCUT2D eigenvalue weighted by Gasteiger charge is -2.30. The van der Waals surface area contributed by atoms with Crippen molar-refractivity contribution in [1.29, 1.82) is 0 Å². The summed E-state index contributed by atoms with van der Waals surface area (Å²) in [5, 5.41) is 2.76. The van der Waals surface area contributed by atoms with E-state index in [4.69, 9.17) is 15.2 Å². The Morgan fingerprint density at radius 3 is 2.73 bits per heavy atom. The van der Waals surface area contributed by atoms with Gasteiger partial charge in [0.25, 0.3) is 0 Å². The summed E-state index contributed by atoms with van der Waals surface area (Å²) < 4.78 is 10.3. The molecular formula is C10H20N2O3. The van der Waals surface area contributed by atoms with Gasteiger partial charge in [0.2, 0.25) is 0 Å². The van der Waals surface area contributed by atoms with Crippen molar-refractivity contribution < 1.29 is 14.3 Å². The van der Waals surface area contributed by atoms with Crippen LogP contribution >= 0.6 is 0 Å². The summed E-state index contributed by atoms with van der Waals surface area (Å²) in [5.41, 5.74) is 5.32. The number of nitrogens with two attached hydrogens (primary N) is 1. The lowest BCUT2D eigenvalue weighted by molar-refractivity contribution is 0.0342. The number of hydrogen-bond donors (Lipinski definition) is 2. The highest BCUT2D eigenvalue weighted by atomic mass is 16.6. The predicted octanol–water partition coefficient (Wildman–Crippen LogP) is 0.627. The van der Waals surface area contributed by atoms with E-state index in [1.807, 2.05) is 20.8 Å². The fourth-order valence-corrected chi connectivity index (χ4v) is 1.40. The van der Waals surface area contributed by atoms with Crippen molar-refractivity contribution in [1.82, 2.24) is 5.32 Å². The van der Waals surface area contributed by atoms with Crippen LogP contribution in [0.1, 0.15) is 27.2 Å². The number of carbonyl (C=O) groups is 1. The maximum absolute atomic E-state index is 11.4. The van der Waals surface area contributed by atoms with Crippen LogP contribution in [-0.4, -0.2) is 37.0 Å². The molecule has 0 aromatic carbocycles. The molecule has 1 amide bonds. The molecule has 0 bridgehead atoms. The molecule has 0 aromatic heterocycles. The van der Waals surface area contributed by atoms with Gasteiger partial charge < -0.3 is 20.5 Å². The van der Waals surface area contributed by atoms with E-state index in [9.17, 15) is 4.79 Å². The second-order valence-corrected chi connectivity index (χ2v) is 4.78. The van der Waals surface area contributed by atoms with Gasteiger partial charge in [-0.25, -0.2) is 4.79 Å². The van der Waals surface area contributed by atoms with E-state index in [1.54, 1.807) is 0 Å². The summed E-state index contributed by atoms with van der Waals surface area (Å²) >= 11 is 0. The average Bonchev–Trinajstić information content (AvgIpc) is 2.05. The van der Waals surface area contributed by atoms with Crippen LogP contribution in [-0.2, 0) is 9.47 Å². The highest BCUT2D eigenvalue weighted by Crippen LogP contribution is 2.09. The van der Waals surface area contributed by atoms with Gasteiger partial charge in [0.05, 0.1) is 12.6 Å². The van der Waals surface area contributed by atoms with Crippen LogP contribution in [0.25, 0.3) is 0 Å². The van der Waals surface area contributed by atoms with Crippen molar-refractivity contribution in [3.05, 3.63) is 0 Å². The standard InChI is InChI=1S/C10H20N2O3/c1-10(2,3)15-9(13)12-8-4-5-14-6-7(8)11/h7-8H,4-6,11H2,1-3H3,(H,12,13)/t7-,8-/m0/s1. The van der Waals surface area contributed by atoms with Crippen LogP contribution in [0, 0.1) is 0 Å². The molecule has 5 heteroatoms. The van der Waals surface area contributed by atoms with Crippen LogP contribution in [0.5, 0.6) is 0 Å². The number of rotatable bonds is 1. The topological polar surface area (TPSA) is 73.6 Å². The van der Waals surface area contributed by atoms with Crippen LogP contribution in [0.15, 0.2) is 0 Å². The predicted molar refractivity (Wildman–Crippen MR) is 56.6 cm³/mol. The first kappa shape index (κ1) is 12.3. The Bertz CT molecular complexity index is 225. The average molecular weight is 216 g/mol. The first-order chi connectivity index (χ1) is 6.88. The van der Waals surface area contributed by atoms with Gasteiger partial charge in [-0.1, -0.05) is 0 Å². The Kier molecular flexibility index (Phi) is 3.93. The van der Waals surface area contributed by atoms with Crippen molar-refractivity contribution in [3.8, 4) is 0 Å². The Morgan fingerprint density at radius 1 is 1.53 bits per heavy atom. The zero-order chi connectivity index (χ0) is 11.5. The molecule has 5 nitrogen and oxygen atoms in total. The first-order valence-corrected chi connectivity index (χ1v) is 5.21. The van der Waals surface area contributed by atoms with Crippen molar-refractivity contribution >= 4 is 6.09 Å². The molecule has 0 aliphatic carbocycles. The molecule has 88 valence electrons. The molecule has 0 spiro atoms. The molecule has 1 rings (SSSR count). The van der Waals surface area contributed by atoms with Gasteiger partial charge in [-0.15, -0.1) is 0 Å². The van der Waals surface area contributed by atoms with Crippen LogP contribution in [0.2, 0.25) is 0 Å². The minimum absolute atomic E-state index is 0.0476. The van der Waals surface area contributed by atoms with Gasteiger partial charge in [0.1, 0.15) is 5.60 Å². The van der Waals surface area contributed by atoms with E-state index < -0.39 is 11.7 Å². The van der Waals surface area contributed by atoms with Crippen molar-refractivity contribution in [2.45, 2.75) is 44.9 Å². The van der Waals surface area contributed by atoms with Crippen molar-refractivity contribution in [2.75, 3.05) is 13.2 Å². The summed E-state index contributed by atoms with van der Waals surface area (Å²) in [6.07, 6.45) is 0.324. The minimum Gasteiger partial charge on any atom is -0.444 e. The molecule has 2 atom stereocenters. The molecule has 15 heavy (non-hydrogen) atoms. The molecular weight excluding hydrogens is 196 g/mol. The van der Waals surface area contributed by atoms with Gasteiger partial charge in [-0.3, -0.25) is 0 Å². The largest absolute Gasteiger partial charge is 0.444 e. The quantitative estimate of drug-likeness (QED) is 0.674. The fraction of sp³-hybridized carbons (Fsp3) is 0.900. The van der Waals surface area contributed by atoms with Crippen molar-refractivity contribution in [2.24, 2.45) is 5.73 Å². The Hall–Kier alpha value is -0.810. The number of hydrogen-bond acceptors (Lipinski definition) is 4. The molecule has 1 fully saturated rings. The molecule has 3 N–H and O–H groups in total. The number of alkyl carbamates (subject to hydrolysis) is 1. The monoisotopic (exact) mass is 216 g/mol. The Morgan fingerprint density at radius 2 is 2.20 bits per heavy atom. The molecule has 0 radical (unpaired) electrons. The maximum Gasteiger partial charge on any atom is 0.407 e. The van der Waals surface area contributed by atoms with Crippen LogP contribution in [0.3, 0.4) is 0 Å². The van der Waals surface area contributed by atoms with Crippen LogP contribution in [0.4, 0.5) is 4.79 Å². The zero-order valence-corrected chi connectivity index (χ0v) is 9.58. The molecule has 1 aliphatic heterocycles. The third kappa shape index (κ3) is 4.48. The van der Waals surface area contributed by atoms with Gasteiger partial charge in [-0.2, -0.15) is 0 Å². The highest BCUT2D eigenvalue weighted by molar-refractivity contribution is 5.68. The summed E-state index contributed by atoms with van der Waals surface area (Å²) in [7, 11) is 0. The Labute approximate surface area is 90.3 Å². The lowest BCUT2D eigenvalue weighted by atomic mass is 10.1. The lowest BCUT2D eigenvalue weighted by Crippen LogP contribution is -2.53. The van der Waals surface area contributed by atoms with E-state index in [0.717, 1.165) is 6.42 Å². The normalized spacial score (nSPS) is 27.2. The van der Waals surface area contributed by atoms with Crippen LogP contribution < -0.4 is 11.1 Å². The smallest absolute Gasteiger partial charge is 0.407 e. The molecule has 1 heterocycles. The minimum atomic E-state index is -0.473. The third-order valence-corrected chi connectivity index (χ3v) is 2.10. The number of amides is 1. The first-order valence-electron chi connectivity index (χ1n) is 5.21. The van der Waals surface area contributed by atoms with Crippen molar-refractivity contribution in [3.63, 3.8) is 0 Å². The second kappa shape index (κ2) is 4.81. The van der Waals surface area contributed by atoms with E-state index in [0.29, 0.717) is 13.2 Å². The summed E-state index contributed by atoms with van der Waals surface area (Å²) in [5.74, 6) is 0. The molecule has 0 unspecified atom stereocenters. The summed E-state index contributed by atoms with van der Waals surface area (Å²) in [4.78, 5) is 11.4. The summed E-state index contributed by atoms with van der Waals surface area (Å²) in [6, 6.07) is -0.195. The Balaban J connectivity index is 2.36. The van der Waals surface area contributed by atoms with Gasteiger partial charge in [0.15, 0.2) is 0 Å². The number of carbonyl (C=O) groups excluding carboxylic acids is 1. The van der Waals surface area contributed by atoms with E-state index in [-0.39, 0.29) is 12.1 Å². The summed E-state index contributed by atoms with van der Waals surface area (Å²) in [6.45, 7) is 6.61. The van der Waals surface area contributed by atoms with Gasteiger partial charge in [-0.05, 0) is 27.2 Å². The SMILES string of the molecule is CC(C)(C)OC(=O)N[C@H]1CCOC[C@@H]1N. The fourth-order valence-electron chi connectivity index (χ4n) is 1.40. The molecule has 1 saturated heterocycles. The molecule has 0 aromatic rings.